The summed E-state index contributed by atoms with van der Waals surface area (Å²) in [6.45, 7) is 9.16. The number of ether oxygens (including phenoxy) is 3. The molecule has 2 aromatic carbocycles. The van der Waals surface area contributed by atoms with E-state index in [0.29, 0.717) is 47.2 Å². The number of aromatic nitrogens is 3. The number of halogens is 1. The molecule has 0 radical (unpaired) electrons. The van der Waals surface area contributed by atoms with Crippen LogP contribution in [0.15, 0.2) is 60.3 Å². The Morgan fingerprint density at radius 2 is 1.95 bits per heavy atom. The number of rotatable bonds is 11. The number of amides is 1. The lowest BCUT2D eigenvalue weighted by molar-refractivity contribution is -0.113. The van der Waals surface area contributed by atoms with Gasteiger partial charge in [0.15, 0.2) is 17.1 Å². The molecule has 11 heteroatoms. The lowest BCUT2D eigenvalue weighted by Crippen LogP contribution is -2.36. The van der Waals surface area contributed by atoms with Crippen LogP contribution in [0.3, 0.4) is 0 Å². The van der Waals surface area contributed by atoms with Gasteiger partial charge in [0.2, 0.25) is 5.91 Å². The van der Waals surface area contributed by atoms with E-state index in [1.807, 2.05) is 47.9 Å². The number of carbonyl (C=O) groups is 1. The number of nitrogens with zero attached hydrogens (tertiary/aromatic N) is 4. The molecule has 2 heterocycles. The van der Waals surface area contributed by atoms with Crippen molar-refractivity contribution < 1.29 is 19.0 Å². The summed E-state index contributed by atoms with van der Waals surface area (Å²) < 4.78 is 18.5. The van der Waals surface area contributed by atoms with Crippen molar-refractivity contribution in [3.8, 4) is 11.5 Å². The molecule has 1 aliphatic rings. The first-order chi connectivity index (χ1) is 18.0. The van der Waals surface area contributed by atoms with Crippen LogP contribution in [-0.4, -0.2) is 59.8 Å². The smallest absolute Gasteiger partial charge is 0.234 e. The molecule has 0 aliphatic carbocycles. The topological polar surface area (TPSA) is 90.7 Å². The molecule has 0 bridgehead atoms. The molecule has 3 aromatic rings. The van der Waals surface area contributed by atoms with Crippen LogP contribution in [0, 0.1) is 0 Å². The van der Waals surface area contributed by atoms with Gasteiger partial charge in [-0.3, -0.25) is 9.36 Å². The summed E-state index contributed by atoms with van der Waals surface area (Å²) in [5.41, 5.74) is 1.58. The fraction of sp³-hybridized carbons (Fsp3) is 0.346. The van der Waals surface area contributed by atoms with E-state index in [9.17, 15) is 4.79 Å². The second kappa shape index (κ2) is 12.8. The van der Waals surface area contributed by atoms with E-state index in [-0.39, 0.29) is 17.8 Å². The standard InChI is InChI=1S/C26H30ClN5O4S/c1-4-11-32-25(18(2)36-21-8-6-20(34-3)7-9-21)29-30-26(32)37-17-24(33)28-19-5-10-23(22(27)16-19)31-12-14-35-15-13-31/h4-10,16,18H,1,11-15,17H2,2-3H3,(H,28,33). The fourth-order valence-corrected chi connectivity index (χ4v) is 4.95. The molecule has 0 spiro atoms. The lowest BCUT2D eigenvalue weighted by atomic mass is 10.2. The van der Waals surface area contributed by atoms with Crippen LogP contribution >= 0.6 is 23.4 Å². The first-order valence-corrected chi connectivity index (χ1v) is 13.2. The van der Waals surface area contributed by atoms with Crippen molar-refractivity contribution >= 4 is 40.6 Å². The predicted molar refractivity (Wildman–Crippen MR) is 146 cm³/mol. The van der Waals surface area contributed by atoms with Gasteiger partial charge >= 0.3 is 0 Å². The van der Waals surface area contributed by atoms with Gasteiger partial charge in [-0.05, 0) is 49.4 Å². The minimum atomic E-state index is -0.365. The molecule has 1 aliphatic heterocycles. The summed E-state index contributed by atoms with van der Waals surface area (Å²) in [5.74, 6) is 2.07. The largest absolute Gasteiger partial charge is 0.497 e. The van der Waals surface area contributed by atoms with Gasteiger partial charge in [0, 0.05) is 25.3 Å². The summed E-state index contributed by atoms with van der Waals surface area (Å²) in [6, 6.07) is 12.9. The number of thioether (sulfide) groups is 1. The zero-order chi connectivity index (χ0) is 26.2. The molecule has 1 fully saturated rings. The monoisotopic (exact) mass is 543 g/mol. The maximum Gasteiger partial charge on any atom is 0.234 e. The summed E-state index contributed by atoms with van der Waals surface area (Å²) >= 11 is 7.79. The average molecular weight is 544 g/mol. The molecule has 37 heavy (non-hydrogen) atoms. The summed E-state index contributed by atoms with van der Waals surface area (Å²) in [6.07, 6.45) is 1.39. The fourth-order valence-electron chi connectivity index (χ4n) is 3.89. The van der Waals surface area contributed by atoms with E-state index >= 15 is 0 Å². The molecule has 1 N–H and O–H groups in total. The molecule has 196 valence electrons. The molecule has 1 amide bonds. The molecular formula is C26H30ClN5O4S. The quantitative estimate of drug-likeness (QED) is 0.271. The van der Waals surface area contributed by atoms with Crippen molar-refractivity contribution in [1.82, 2.24) is 14.8 Å². The van der Waals surface area contributed by atoms with Crippen LogP contribution in [0.4, 0.5) is 11.4 Å². The number of benzene rings is 2. The Balaban J connectivity index is 1.36. The first kappa shape index (κ1) is 26.8. The maximum atomic E-state index is 12.7. The number of nitrogens with one attached hydrogen (secondary N) is 1. The summed E-state index contributed by atoms with van der Waals surface area (Å²) in [4.78, 5) is 14.8. The number of allylic oxidation sites excluding steroid dienone is 1. The molecule has 1 aromatic heterocycles. The van der Waals surface area contributed by atoms with Crippen LogP contribution in [0.2, 0.25) is 5.02 Å². The highest BCUT2D eigenvalue weighted by Gasteiger charge is 2.20. The summed E-state index contributed by atoms with van der Waals surface area (Å²) in [5, 5.41) is 12.7. The summed E-state index contributed by atoms with van der Waals surface area (Å²) in [7, 11) is 1.62. The van der Waals surface area contributed by atoms with Crippen LogP contribution in [0.25, 0.3) is 0 Å². The van der Waals surface area contributed by atoms with E-state index in [2.05, 4.69) is 27.0 Å². The van der Waals surface area contributed by atoms with Crippen molar-refractivity contribution in [2.45, 2.75) is 24.7 Å². The van der Waals surface area contributed by atoms with Crippen molar-refractivity contribution in [2.75, 3.05) is 49.4 Å². The number of hydrogen-bond acceptors (Lipinski definition) is 8. The minimum absolute atomic E-state index is 0.159. The zero-order valence-electron chi connectivity index (χ0n) is 20.9. The molecule has 1 unspecified atom stereocenters. The third kappa shape index (κ3) is 6.97. The third-order valence-electron chi connectivity index (χ3n) is 5.71. The van der Waals surface area contributed by atoms with Gasteiger partial charge in [-0.1, -0.05) is 29.4 Å². The number of carbonyl (C=O) groups excluding carboxylic acids is 1. The van der Waals surface area contributed by atoms with Crippen molar-refractivity contribution in [1.29, 1.82) is 0 Å². The average Bonchev–Trinajstić information content (AvgIpc) is 3.31. The van der Waals surface area contributed by atoms with Crippen LogP contribution in [-0.2, 0) is 16.1 Å². The highest BCUT2D eigenvalue weighted by Crippen LogP contribution is 2.30. The Bertz CT molecular complexity index is 1210. The molecular weight excluding hydrogens is 514 g/mol. The van der Waals surface area contributed by atoms with Gasteiger partial charge in [-0.25, -0.2) is 0 Å². The Hall–Kier alpha value is -3.21. The van der Waals surface area contributed by atoms with Crippen molar-refractivity contribution in [3.05, 3.63) is 66.0 Å². The van der Waals surface area contributed by atoms with E-state index in [4.69, 9.17) is 25.8 Å². The van der Waals surface area contributed by atoms with Gasteiger partial charge in [0.05, 0.1) is 36.8 Å². The van der Waals surface area contributed by atoms with Crippen LogP contribution in [0.5, 0.6) is 11.5 Å². The molecule has 4 rings (SSSR count). The predicted octanol–water partition coefficient (Wildman–Crippen LogP) is 4.83. The molecule has 1 atom stereocenters. The van der Waals surface area contributed by atoms with E-state index in [1.54, 1.807) is 19.3 Å². The highest BCUT2D eigenvalue weighted by atomic mass is 35.5. The van der Waals surface area contributed by atoms with Crippen LogP contribution < -0.4 is 19.7 Å². The Labute approximate surface area is 225 Å². The van der Waals surface area contributed by atoms with Gasteiger partial charge < -0.3 is 24.4 Å². The molecule has 0 saturated carbocycles. The highest BCUT2D eigenvalue weighted by molar-refractivity contribution is 7.99. The molecule has 9 nitrogen and oxygen atoms in total. The van der Waals surface area contributed by atoms with Gasteiger partial charge in [0.25, 0.3) is 0 Å². The number of morpholine rings is 1. The van der Waals surface area contributed by atoms with Gasteiger partial charge in [-0.15, -0.1) is 16.8 Å². The first-order valence-electron chi connectivity index (χ1n) is 11.9. The second-order valence-electron chi connectivity index (χ2n) is 8.28. The number of methoxy groups -OCH3 is 1. The normalized spacial score (nSPS) is 14.2. The van der Waals surface area contributed by atoms with E-state index in [0.717, 1.165) is 24.5 Å². The van der Waals surface area contributed by atoms with Crippen LogP contribution in [0.1, 0.15) is 18.9 Å². The van der Waals surface area contributed by atoms with E-state index in [1.165, 1.54) is 11.8 Å². The van der Waals surface area contributed by atoms with Crippen molar-refractivity contribution in [2.24, 2.45) is 0 Å². The lowest BCUT2D eigenvalue weighted by Gasteiger charge is -2.29. The Kier molecular flexibility index (Phi) is 9.32. The molecule has 1 saturated heterocycles. The maximum absolute atomic E-state index is 12.7. The van der Waals surface area contributed by atoms with Crippen molar-refractivity contribution in [3.63, 3.8) is 0 Å². The van der Waals surface area contributed by atoms with Gasteiger partial charge in [0.1, 0.15) is 11.5 Å². The SMILES string of the molecule is C=CCn1c(SCC(=O)Nc2ccc(N3CCOCC3)c(Cl)c2)nnc1C(C)Oc1ccc(OC)cc1. The third-order valence-corrected chi connectivity index (χ3v) is 6.98. The zero-order valence-corrected chi connectivity index (χ0v) is 22.4. The van der Waals surface area contributed by atoms with Gasteiger partial charge in [-0.2, -0.15) is 0 Å². The minimum Gasteiger partial charge on any atom is -0.497 e. The number of hydrogen-bond donors (Lipinski definition) is 1. The second-order valence-corrected chi connectivity index (χ2v) is 9.63. The number of anilines is 2. The Morgan fingerprint density at radius 1 is 1.22 bits per heavy atom. The van der Waals surface area contributed by atoms with E-state index < -0.39 is 0 Å². The Morgan fingerprint density at radius 3 is 2.62 bits per heavy atom.